The van der Waals surface area contributed by atoms with Crippen LogP contribution in [-0.2, 0) is 34.1 Å². The molecule has 1 aliphatic heterocycles. The van der Waals surface area contributed by atoms with Crippen LogP contribution >= 0.6 is 0 Å². The van der Waals surface area contributed by atoms with Crippen molar-refractivity contribution in [2.75, 3.05) is 16.3 Å². The van der Waals surface area contributed by atoms with Crippen LogP contribution in [0.4, 0.5) is 17.1 Å². The molecular weight excluding hydrogens is 976 g/mol. The van der Waals surface area contributed by atoms with E-state index in [4.69, 9.17) is 20.7 Å². The number of aryl methyl sites for hydroxylation is 1. The maximum atomic E-state index is 8.92. The van der Waals surface area contributed by atoms with Crippen LogP contribution in [-0.4, -0.2) is 16.1 Å². The number of aromatic nitrogens is 2. The van der Waals surface area contributed by atoms with E-state index in [1.807, 2.05) is 108 Å². The molecule has 328 valence electrons. The van der Waals surface area contributed by atoms with E-state index in [1.165, 1.54) is 0 Å². The molecule has 0 radical (unpaired) electrons. The third-order valence-corrected chi connectivity index (χ3v) is 12.1. The monoisotopic (exact) mass is 1040 g/mol. The van der Waals surface area contributed by atoms with Gasteiger partial charge in [-0.25, -0.2) is 4.98 Å². The molecule has 6 heteroatoms. The Hall–Kier alpha value is -6.42. The smallest absolute Gasteiger partial charge is 0.135 e. The Labute approximate surface area is 409 Å². The zero-order valence-electron chi connectivity index (χ0n) is 44.8. The summed E-state index contributed by atoms with van der Waals surface area (Å²) in [6.45, 7) is 9.12. The normalized spacial score (nSPS) is 14.3. The fourth-order valence-electron chi connectivity index (χ4n) is 8.92. The molecule has 0 unspecified atom stereocenters. The predicted molar refractivity (Wildman–Crippen MR) is 266 cm³/mol. The van der Waals surface area contributed by atoms with Crippen LogP contribution in [0.3, 0.4) is 0 Å². The molecule has 0 fully saturated rings. The van der Waals surface area contributed by atoms with Crippen molar-refractivity contribution in [1.82, 2.24) is 9.55 Å². The SMILES string of the molecule is [2H]c1c([2H])c([2H])c(-c2cc(C(C)C)cc(C(C)C)c2CCCN2[CH-]N(c3[c-]c(COc4[c-]c5c(cc4)c4ccccc4n5-c4cc(C([2H])([2H])[2H])c(-c5ccccc5)cn4)ccc3)c3ccccc32)c([2H])c1[2H].[Pt]. The van der Waals surface area contributed by atoms with E-state index < -0.39 is 12.9 Å². The zero-order valence-corrected chi connectivity index (χ0v) is 39.0. The largest absolute Gasteiger partial charge is 0.517 e. The molecule has 0 amide bonds. The van der Waals surface area contributed by atoms with Gasteiger partial charge in [0.15, 0.2) is 0 Å². The van der Waals surface area contributed by atoms with Crippen LogP contribution in [0.15, 0.2) is 164 Å². The van der Waals surface area contributed by atoms with E-state index >= 15 is 0 Å². The van der Waals surface area contributed by atoms with Gasteiger partial charge in [-0.15, -0.1) is 28.8 Å². The summed E-state index contributed by atoms with van der Waals surface area (Å²) in [5.74, 6) is 1.31. The van der Waals surface area contributed by atoms with Crippen LogP contribution in [0.1, 0.15) is 84.7 Å². The number of pyridine rings is 1. The van der Waals surface area contributed by atoms with Crippen molar-refractivity contribution in [2.45, 2.75) is 65.8 Å². The third kappa shape index (κ3) is 8.75. The maximum Gasteiger partial charge on any atom is 0.135 e. The molecular formula is C59H53N4OPt-3. The van der Waals surface area contributed by atoms with Crippen LogP contribution in [0.5, 0.6) is 5.75 Å². The van der Waals surface area contributed by atoms with Gasteiger partial charge in [-0.3, -0.25) is 0 Å². The number of ether oxygens (including phenoxy) is 1. The number of nitrogens with zero attached hydrogens (tertiary/aromatic N) is 4. The van der Waals surface area contributed by atoms with Gasteiger partial charge in [0.25, 0.3) is 0 Å². The first-order valence-electron chi connectivity index (χ1n) is 26.0. The molecule has 5 nitrogen and oxygen atoms in total. The number of para-hydroxylation sites is 3. The summed E-state index contributed by atoms with van der Waals surface area (Å²) in [7, 11) is 0. The molecule has 0 saturated heterocycles. The minimum Gasteiger partial charge on any atom is -0.517 e. The third-order valence-electron chi connectivity index (χ3n) is 12.1. The van der Waals surface area contributed by atoms with Gasteiger partial charge < -0.3 is 19.1 Å². The average molecular weight is 1040 g/mol. The Morgan fingerprint density at radius 2 is 1.52 bits per heavy atom. The minimum absolute atomic E-state index is 0. The minimum atomic E-state index is -2.39. The molecule has 9 aromatic rings. The van der Waals surface area contributed by atoms with Gasteiger partial charge in [-0.2, -0.15) is 37.0 Å². The molecule has 1 aliphatic rings. The van der Waals surface area contributed by atoms with Crippen LogP contribution < -0.4 is 14.5 Å². The maximum absolute atomic E-state index is 8.92. The van der Waals surface area contributed by atoms with E-state index in [1.54, 1.807) is 12.3 Å². The Morgan fingerprint density at radius 1 is 0.738 bits per heavy atom. The molecule has 0 spiro atoms. The summed E-state index contributed by atoms with van der Waals surface area (Å²) in [5.41, 5.74) is 11.0. The fourth-order valence-corrected chi connectivity index (χ4v) is 8.92. The second kappa shape index (κ2) is 19.0. The summed E-state index contributed by atoms with van der Waals surface area (Å²) < 4.78 is 76.9. The molecule has 0 N–H and O–H groups in total. The predicted octanol–water partition coefficient (Wildman–Crippen LogP) is 15.0. The topological polar surface area (TPSA) is 33.5 Å². The van der Waals surface area contributed by atoms with Crippen LogP contribution in [0, 0.1) is 25.7 Å². The van der Waals surface area contributed by atoms with Gasteiger partial charge in [0.2, 0.25) is 0 Å². The van der Waals surface area contributed by atoms with Crippen molar-refractivity contribution in [1.29, 1.82) is 0 Å². The number of rotatable bonds is 13. The number of hydrogen-bond donors (Lipinski definition) is 0. The first-order chi connectivity index (χ1) is 34.6. The first-order valence-corrected chi connectivity index (χ1v) is 22.0. The van der Waals surface area contributed by atoms with Crippen molar-refractivity contribution in [3.63, 3.8) is 0 Å². The molecule has 0 bridgehead atoms. The molecule has 65 heavy (non-hydrogen) atoms. The van der Waals surface area contributed by atoms with E-state index in [9.17, 15) is 0 Å². The van der Waals surface area contributed by atoms with Gasteiger partial charge in [0.1, 0.15) is 5.82 Å². The molecule has 0 atom stereocenters. The summed E-state index contributed by atoms with van der Waals surface area (Å²) >= 11 is 0. The standard InChI is InChI=1S/C59H53N4O.Pt/c1-40(2)46-34-52(41(3)4)49(53(35-46)44-19-8-6-9-20-44)25-17-31-61-39-62(57-28-15-14-27-56(57)61)47-23-16-18-43(33-47)38-64-48-29-30-51-50-24-12-13-26-55(50)63(58(51)36-48)59-32-42(5)54(37-60-59)45-21-10-7-11-22-45;/h6-16,18-24,26-30,32,34-35,37,39-41H,17,25,31,38H2,1-5H3;/q-3;/i5D3,6D,8D,9D,19D,20D;. The van der Waals surface area contributed by atoms with Crippen molar-refractivity contribution >= 4 is 38.9 Å². The van der Waals surface area contributed by atoms with Crippen molar-refractivity contribution < 1.29 is 36.8 Å². The zero-order chi connectivity index (χ0) is 50.6. The summed E-state index contributed by atoms with van der Waals surface area (Å²) in [4.78, 5) is 9.22. The Bertz CT molecular complexity index is 3490. The molecule has 10 rings (SSSR count). The van der Waals surface area contributed by atoms with E-state index in [-0.39, 0.29) is 74.8 Å². The Balaban J connectivity index is 0.00000656. The van der Waals surface area contributed by atoms with Gasteiger partial charge in [-0.05, 0) is 107 Å². The van der Waals surface area contributed by atoms with Gasteiger partial charge >= 0.3 is 0 Å². The second-order valence-electron chi connectivity index (χ2n) is 17.0. The summed E-state index contributed by atoms with van der Waals surface area (Å²) in [6, 6.07) is 47.2. The summed E-state index contributed by atoms with van der Waals surface area (Å²) in [6.07, 6.45) is 3.02. The number of hydrogen-bond acceptors (Lipinski definition) is 4. The molecule has 3 heterocycles. The van der Waals surface area contributed by atoms with Gasteiger partial charge in [-0.1, -0.05) is 136 Å². The summed E-state index contributed by atoms with van der Waals surface area (Å²) in [5, 5.41) is 1.91. The quantitative estimate of drug-likeness (QED) is 0.108. The van der Waals surface area contributed by atoms with E-state index in [0.717, 1.165) is 67.6 Å². The van der Waals surface area contributed by atoms with E-state index in [2.05, 4.69) is 74.5 Å². The molecule has 2 aromatic heterocycles. The number of anilines is 3. The second-order valence-corrected chi connectivity index (χ2v) is 17.0. The van der Waals surface area contributed by atoms with Gasteiger partial charge in [0.05, 0.1) is 13.5 Å². The van der Waals surface area contributed by atoms with Crippen molar-refractivity contribution in [2.24, 2.45) is 0 Å². The van der Waals surface area contributed by atoms with Crippen molar-refractivity contribution in [3.05, 3.63) is 210 Å². The van der Waals surface area contributed by atoms with Gasteiger partial charge in [0, 0.05) is 59.6 Å². The first kappa shape index (κ1) is 34.9. The van der Waals surface area contributed by atoms with E-state index in [0.29, 0.717) is 41.2 Å². The number of fused-ring (bicyclic) bond motifs is 4. The van der Waals surface area contributed by atoms with Crippen LogP contribution in [0.2, 0.25) is 0 Å². The number of benzene rings is 7. The Morgan fingerprint density at radius 3 is 2.32 bits per heavy atom. The molecule has 7 aromatic carbocycles. The van der Waals surface area contributed by atoms with Crippen LogP contribution in [0.25, 0.3) is 49.9 Å². The van der Waals surface area contributed by atoms with Crippen molar-refractivity contribution in [3.8, 4) is 33.8 Å². The fraction of sp³-hybridized carbons (Fsp3) is 0.186. The Kier molecular flexibility index (Phi) is 10.2. The molecule has 0 saturated carbocycles. The average Bonchev–Trinajstić information content (AvgIpc) is 3.92. The molecule has 0 aliphatic carbocycles.